The average molecular weight is 431 g/mol. The molecule has 0 saturated heterocycles. The summed E-state index contributed by atoms with van der Waals surface area (Å²) in [5.41, 5.74) is 3.59. The van der Waals surface area contributed by atoms with Gasteiger partial charge in [-0.1, -0.05) is 18.2 Å². The lowest BCUT2D eigenvalue weighted by atomic mass is 10.2. The SMILES string of the molecule is Cc1nn(-c2ccccc2)c(C)c1CNC(=O)CCNS(=O)(=O)c1ccc(F)cc1. The first-order valence-corrected chi connectivity index (χ1v) is 10.9. The van der Waals surface area contributed by atoms with Crippen molar-refractivity contribution in [1.29, 1.82) is 0 Å². The van der Waals surface area contributed by atoms with E-state index in [1.54, 1.807) is 0 Å². The molecule has 0 radical (unpaired) electrons. The standard InChI is InChI=1S/C21H23FN4O3S/c1-15-20(16(2)26(25-15)18-6-4-3-5-7-18)14-23-21(27)12-13-24-30(28,29)19-10-8-17(22)9-11-19/h3-11,24H,12-14H2,1-2H3,(H,23,27). The Balaban J connectivity index is 1.54. The normalized spacial score (nSPS) is 11.4. The van der Waals surface area contributed by atoms with Crippen LogP contribution in [0.4, 0.5) is 4.39 Å². The highest BCUT2D eigenvalue weighted by Crippen LogP contribution is 2.17. The van der Waals surface area contributed by atoms with Crippen molar-refractivity contribution in [2.45, 2.75) is 31.7 Å². The second-order valence-corrected chi connectivity index (χ2v) is 8.54. The van der Waals surface area contributed by atoms with Crippen LogP contribution in [0.2, 0.25) is 0 Å². The van der Waals surface area contributed by atoms with Gasteiger partial charge in [0.05, 0.1) is 16.3 Å². The van der Waals surface area contributed by atoms with Gasteiger partial charge in [-0.05, 0) is 50.2 Å². The van der Waals surface area contributed by atoms with Gasteiger partial charge in [-0.25, -0.2) is 22.2 Å². The quantitative estimate of drug-likeness (QED) is 0.575. The maximum absolute atomic E-state index is 12.9. The molecule has 0 aliphatic rings. The molecular formula is C21H23FN4O3S. The van der Waals surface area contributed by atoms with E-state index in [0.29, 0.717) is 6.54 Å². The summed E-state index contributed by atoms with van der Waals surface area (Å²) in [6.07, 6.45) is -0.0225. The maximum atomic E-state index is 12.9. The van der Waals surface area contributed by atoms with Gasteiger partial charge in [-0.3, -0.25) is 4.79 Å². The Morgan fingerprint density at radius 3 is 2.40 bits per heavy atom. The number of nitrogens with one attached hydrogen (secondary N) is 2. The number of nitrogens with zero attached hydrogens (tertiary/aromatic N) is 2. The molecular weight excluding hydrogens is 407 g/mol. The van der Waals surface area contributed by atoms with Crippen LogP contribution < -0.4 is 10.0 Å². The van der Waals surface area contributed by atoms with Gasteiger partial charge in [0, 0.05) is 30.8 Å². The summed E-state index contributed by atoms with van der Waals surface area (Å²) in [5.74, 6) is -0.808. The van der Waals surface area contributed by atoms with Crippen molar-refractivity contribution >= 4 is 15.9 Å². The van der Waals surface area contributed by atoms with Crippen LogP contribution in [0.25, 0.3) is 5.69 Å². The first-order chi connectivity index (χ1) is 14.3. The Kier molecular flexibility index (Phi) is 6.63. The molecule has 1 amide bonds. The fraction of sp³-hybridized carbons (Fsp3) is 0.238. The third-order valence-electron chi connectivity index (χ3n) is 4.67. The molecule has 3 aromatic rings. The van der Waals surface area contributed by atoms with Crippen molar-refractivity contribution in [3.8, 4) is 5.69 Å². The van der Waals surface area contributed by atoms with Crippen molar-refractivity contribution in [3.05, 3.63) is 77.4 Å². The summed E-state index contributed by atoms with van der Waals surface area (Å²) < 4.78 is 41.4. The number of aryl methyl sites for hydroxylation is 1. The zero-order valence-corrected chi connectivity index (χ0v) is 17.5. The van der Waals surface area contributed by atoms with Gasteiger partial charge < -0.3 is 5.32 Å². The molecule has 0 aliphatic heterocycles. The molecule has 158 valence electrons. The summed E-state index contributed by atoms with van der Waals surface area (Å²) >= 11 is 0. The maximum Gasteiger partial charge on any atom is 0.240 e. The Labute approximate surface area is 175 Å². The first-order valence-electron chi connectivity index (χ1n) is 9.40. The van der Waals surface area contributed by atoms with E-state index in [-0.39, 0.29) is 23.8 Å². The Bertz CT molecular complexity index is 1130. The number of carbonyl (C=O) groups excluding carboxylic acids is 1. The van der Waals surface area contributed by atoms with Crippen molar-refractivity contribution in [1.82, 2.24) is 19.8 Å². The number of benzene rings is 2. The molecule has 2 N–H and O–H groups in total. The van der Waals surface area contributed by atoms with Gasteiger partial charge in [0.15, 0.2) is 0 Å². The van der Waals surface area contributed by atoms with E-state index in [1.165, 1.54) is 12.1 Å². The molecule has 1 aromatic heterocycles. The predicted molar refractivity (Wildman–Crippen MR) is 111 cm³/mol. The van der Waals surface area contributed by atoms with Gasteiger partial charge in [0.2, 0.25) is 15.9 Å². The van der Waals surface area contributed by atoms with E-state index in [0.717, 1.165) is 34.8 Å². The van der Waals surface area contributed by atoms with E-state index < -0.39 is 15.8 Å². The van der Waals surface area contributed by atoms with Crippen LogP contribution >= 0.6 is 0 Å². The number of carbonyl (C=O) groups is 1. The van der Waals surface area contributed by atoms with E-state index in [4.69, 9.17) is 0 Å². The summed E-state index contributed by atoms with van der Waals surface area (Å²) in [4.78, 5) is 12.1. The molecule has 0 aliphatic carbocycles. The van der Waals surface area contributed by atoms with Gasteiger partial charge >= 0.3 is 0 Å². The number of hydrogen-bond donors (Lipinski definition) is 2. The molecule has 0 bridgehead atoms. The molecule has 1 heterocycles. The Morgan fingerprint density at radius 2 is 1.73 bits per heavy atom. The summed E-state index contributed by atoms with van der Waals surface area (Å²) in [6, 6.07) is 14.2. The van der Waals surface area contributed by atoms with Crippen LogP contribution in [-0.4, -0.2) is 30.7 Å². The van der Waals surface area contributed by atoms with Gasteiger partial charge in [0.25, 0.3) is 0 Å². The molecule has 0 unspecified atom stereocenters. The lowest BCUT2D eigenvalue weighted by molar-refractivity contribution is -0.121. The van der Waals surface area contributed by atoms with E-state index in [1.807, 2.05) is 48.9 Å². The lowest BCUT2D eigenvalue weighted by Gasteiger charge is -2.09. The molecule has 0 fully saturated rings. The first kappa shape index (κ1) is 21.7. The number of amides is 1. The number of hydrogen-bond acceptors (Lipinski definition) is 4. The van der Waals surface area contributed by atoms with Crippen molar-refractivity contribution < 1.29 is 17.6 Å². The zero-order chi connectivity index (χ0) is 21.7. The zero-order valence-electron chi connectivity index (χ0n) is 16.7. The fourth-order valence-corrected chi connectivity index (χ4v) is 4.05. The topological polar surface area (TPSA) is 93.1 Å². The van der Waals surface area contributed by atoms with Crippen LogP contribution in [-0.2, 0) is 21.4 Å². The highest BCUT2D eigenvalue weighted by Gasteiger charge is 2.16. The minimum Gasteiger partial charge on any atom is -0.352 e. The van der Waals surface area contributed by atoms with E-state index in [2.05, 4.69) is 15.1 Å². The third kappa shape index (κ3) is 5.11. The molecule has 3 rings (SSSR count). The highest BCUT2D eigenvalue weighted by molar-refractivity contribution is 7.89. The average Bonchev–Trinajstić information content (AvgIpc) is 3.01. The largest absolute Gasteiger partial charge is 0.352 e. The number of sulfonamides is 1. The number of rotatable bonds is 8. The van der Waals surface area contributed by atoms with Crippen LogP contribution in [0.1, 0.15) is 23.4 Å². The Morgan fingerprint density at radius 1 is 1.07 bits per heavy atom. The lowest BCUT2D eigenvalue weighted by Crippen LogP contribution is -2.30. The highest BCUT2D eigenvalue weighted by atomic mass is 32.2. The molecule has 7 nitrogen and oxygen atoms in total. The smallest absolute Gasteiger partial charge is 0.240 e. The van der Waals surface area contributed by atoms with Crippen molar-refractivity contribution in [3.63, 3.8) is 0 Å². The van der Waals surface area contributed by atoms with E-state index >= 15 is 0 Å². The third-order valence-corrected chi connectivity index (χ3v) is 6.15. The predicted octanol–water partition coefficient (Wildman–Crippen LogP) is 2.61. The number of halogens is 1. The number of aromatic nitrogens is 2. The molecule has 0 saturated carbocycles. The second kappa shape index (κ2) is 9.19. The Hall–Kier alpha value is -3.04. The van der Waals surface area contributed by atoms with Crippen LogP contribution in [0.5, 0.6) is 0 Å². The van der Waals surface area contributed by atoms with Crippen LogP contribution in [0.3, 0.4) is 0 Å². The molecule has 0 atom stereocenters. The summed E-state index contributed by atoms with van der Waals surface area (Å²) in [7, 11) is -3.79. The second-order valence-electron chi connectivity index (χ2n) is 6.78. The van der Waals surface area contributed by atoms with Gasteiger partial charge in [-0.2, -0.15) is 5.10 Å². The molecule has 0 spiro atoms. The van der Waals surface area contributed by atoms with Crippen molar-refractivity contribution in [2.75, 3.05) is 6.54 Å². The summed E-state index contributed by atoms with van der Waals surface area (Å²) in [5, 5.41) is 7.34. The van der Waals surface area contributed by atoms with Gasteiger partial charge in [0.1, 0.15) is 5.82 Å². The minimum absolute atomic E-state index is 0.0225. The van der Waals surface area contributed by atoms with Crippen molar-refractivity contribution in [2.24, 2.45) is 0 Å². The molecule has 30 heavy (non-hydrogen) atoms. The molecule has 9 heteroatoms. The van der Waals surface area contributed by atoms with Gasteiger partial charge in [-0.15, -0.1) is 0 Å². The fourth-order valence-electron chi connectivity index (χ4n) is 3.02. The minimum atomic E-state index is -3.79. The van der Waals surface area contributed by atoms with E-state index in [9.17, 15) is 17.6 Å². The summed E-state index contributed by atoms with van der Waals surface area (Å²) in [6.45, 7) is 4.05. The monoisotopic (exact) mass is 430 g/mol. The van der Waals surface area contributed by atoms with Crippen LogP contribution in [0.15, 0.2) is 59.5 Å². The number of para-hydroxylation sites is 1. The molecule has 2 aromatic carbocycles. The van der Waals surface area contributed by atoms with Crippen LogP contribution in [0, 0.1) is 19.7 Å².